The molecule has 4 heteroatoms. The maximum Gasteiger partial charge on any atom is 0.138 e. The molecule has 0 aliphatic rings. The van der Waals surface area contributed by atoms with Crippen LogP contribution in [0.4, 0.5) is 5.69 Å². The molecule has 0 radical (unpaired) electrons. The molecule has 3 N–H and O–H groups in total. The zero-order valence-electron chi connectivity index (χ0n) is 9.08. The smallest absolute Gasteiger partial charge is 0.138 e. The minimum atomic E-state index is 0.146. The van der Waals surface area contributed by atoms with E-state index in [0.29, 0.717) is 5.69 Å². The Balaban J connectivity index is 0.000000128. The number of nitrogens with zero attached hydrogens (tertiary/aromatic N) is 1. The van der Waals surface area contributed by atoms with Gasteiger partial charge in [-0.05, 0) is 24.3 Å². The van der Waals surface area contributed by atoms with Gasteiger partial charge in [-0.15, -0.1) is 11.3 Å². The number of rotatable bonds is 0. The van der Waals surface area contributed by atoms with Crippen LogP contribution in [-0.4, -0.2) is 10.1 Å². The summed E-state index contributed by atoms with van der Waals surface area (Å²) < 4.78 is 1.26. The third-order valence-corrected chi connectivity index (χ3v) is 2.98. The molecule has 2 aromatic carbocycles. The summed E-state index contributed by atoms with van der Waals surface area (Å²) in [5, 5.41) is 8.79. The quantitative estimate of drug-likeness (QED) is 0.471. The molecule has 0 bridgehead atoms. The normalized spacial score (nSPS) is 9.65. The van der Waals surface area contributed by atoms with Crippen LogP contribution >= 0.6 is 11.3 Å². The van der Waals surface area contributed by atoms with E-state index in [1.165, 1.54) is 4.70 Å². The van der Waals surface area contributed by atoms with Crippen LogP contribution in [0.25, 0.3) is 10.2 Å². The first-order chi connectivity index (χ1) is 8.27. The molecule has 3 rings (SSSR count). The van der Waals surface area contributed by atoms with E-state index < -0.39 is 0 Å². The van der Waals surface area contributed by atoms with Gasteiger partial charge in [0.05, 0.1) is 21.4 Å². The number of benzene rings is 2. The summed E-state index contributed by atoms with van der Waals surface area (Å²) in [7, 11) is 0. The largest absolute Gasteiger partial charge is 0.506 e. The maximum atomic E-state index is 8.79. The van der Waals surface area contributed by atoms with Crippen molar-refractivity contribution in [3.63, 3.8) is 0 Å². The SMILES string of the molecule is Nc1ccccc1O.c1ccc2scnc2c1. The number of aromatic nitrogens is 1. The van der Waals surface area contributed by atoms with E-state index in [2.05, 4.69) is 11.1 Å². The predicted octanol–water partition coefficient (Wildman–Crippen LogP) is 3.27. The lowest BCUT2D eigenvalue weighted by atomic mass is 10.3. The number of anilines is 1. The van der Waals surface area contributed by atoms with E-state index in [1.54, 1.807) is 35.6 Å². The van der Waals surface area contributed by atoms with Crippen LogP contribution in [0, 0.1) is 0 Å². The summed E-state index contributed by atoms with van der Waals surface area (Å²) in [6.45, 7) is 0. The first kappa shape index (κ1) is 11.4. The topological polar surface area (TPSA) is 59.1 Å². The number of hydrogen-bond donors (Lipinski definition) is 2. The van der Waals surface area contributed by atoms with Gasteiger partial charge in [0.1, 0.15) is 5.75 Å². The number of aromatic hydroxyl groups is 1. The van der Waals surface area contributed by atoms with Crippen LogP contribution in [0.2, 0.25) is 0 Å². The Labute approximate surface area is 103 Å². The van der Waals surface area contributed by atoms with Crippen molar-refractivity contribution in [2.75, 3.05) is 5.73 Å². The monoisotopic (exact) mass is 244 g/mol. The van der Waals surface area contributed by atoms with Crippen molar-refractivity contribution in [2.45, 2.75) is 0 Å². The molecule has 3 nitrogen and oxygen atoms in total. The molecule has 0 saturated carbocycles. The number of nitrogens with two attached hydrogens (primary N) is 1. The summed E-state index contributed by atoms with van der Waals surface area (Å²) >= 11 is 1.68. The van der Waals surface area contributed by atoms with Crippen LogP contribution in [0.15, 0.2) is 54.0 Å². The van der Waals surface area contributed by atoms with Gasteiger partial charge in [-0.1, -0.05) is 24.3 Å². The first-order valence-electron chi connectivity index (χ1n) is 5.09. The molecule has 1 heterocycles. The maximum absolute atomic E-state index is 8.79. The van der Waals surface area contributed by atoms with Gasteiger partial charge >= 0.3 is 0 Å². The summed E-state index contributed by atoms with van der Waals surface area (Å²) in [6, 6.07) is 14.8. The standard InChI is InChI=1S/C7H5NS.C6H7NO/c1-2-4-7-6(3-1)8-5-9-7;7-5-3-1-2-4-6(5)8/h1-5H;1-4,8H,7H2. The summed E-state index contributed by atoms with van der Waals surface area (Å²) in [6.07, 6.45) is 0. The van der Waals surface area contributed by atoms with Gasteiger partial charge in [-0.2, -0.15) is 0 Å². The number of nitrogen functional groups attached to an aromatic ring is 1. The molecule has 0 spiro atoms. The van der Waals surface area contributed by atoms with Crippen molar-refractivity contribution < 1.29 is 5.11 Å². The third kappa shape index (κ3) is 2.95. The van der Waals surface area contributed by atoms with Gasteiger partial charge < -0.3 is 10.8 Å². The Morgan fingerprint density at radius 3 is 2.35 bits per heavy atom. The van der Waals surface area contributed by atoms with Crippen molar-refractivity contribution in [1.29, 1.82) is 0 Å². The van der Waals surface area contributed by atoms with Gasteiger partial charge in [-0.3, -0.25) is 0 Å². The number of thiazole rings is 1. The van der Waals surface area contributed by atoms with Crippen molar-refractivity contribution in [1.82, 2.24) is 4.98 Å². The average molecular weight is 244 g/mol. The van der Waals surface area contributed by atoms with Crippen LogP contribution < -0.4 is 5.73 Å². The Hall–Kier alpha value is -2.07. The molecule has 0 unspecified atom stereocenters. The molecular formula is C13H12N2OS. The highest BCUT2D eigenvalue weighted by Crippen LogP contribution is 2.16. The molecule has 0 aliphatic carbocycles. The van der Waals surface area contributed by atoms with E-state index in [0.717, 1.165) is 5.52 Å². The van der Waals surface area contributed by atoms with E-state index in [1.807, 2.05) is 23.7 Å². The lowest BCUT2D eigenvalue weighted by Gasteiger charge is -1.92. The van der Waals surface area contributed by atoms with Gasteiger partial charge in [0.15, 0.2) is 0 Å². The molecular weight excluding hydrogens is 232 g/mol. The Bertz CT molecular complexity index is 556. The third-order valence-electron chi connectivity index (χ3n) is 2.17. The Kier molecular flexibility index (Phi) is 3.57. The summed E-state index contributed by atoms with van der Waals surface area (Å²) in [4.78, 5) is 4.14. The van der Waals surface area contributed by atoms with Crippen LogP contribution in [0.1, 0.15) is 0 Å². The van der Waals surface area contributed by atoms with E-state index in [-0.39, 0.29) is 5.75 Å². The summed E-state index contributed by atoms with van der Waals surface area (Å²) in [5.41, 5.74) is 8.66. The van der Waals surface area contributed by atoms with Crippen LogP contribution in [0.5, 0.6) is 5.75 Å². The molecule has 0 aliphatic heterocycles. The highest BCUT2D eigenvalue weighted by atomic mass is 32.1. The zero-order chi connectivity index (χ0) is 12.1. The van der Waals surface area contributed by atoms with E-state index >= 15 is 0 Å². The second-order valence-electron chi connectivity index (χ2n) is 3.38. The predicted molar refractivity (Wildman–Crippen MR) is 72.1 cm³/mol. The average Bonchev–Trinajstić information content (AvgIpc) is 2.82. The first-order valence-corrected chi connectivity index (χ1v) is 5.97. The zero-order valence-corrected chi connectivity index (χ0v) is 9.89. The van der Waals surface area contributed by atoms with Crippen molar-refractivity contribution in [3.05, 3.63) is 54.0 Å². The second-order valence-corrected chi connectivity index (χ2v) is 4.27. The Morgan fingerprint density at radius 2 is 1.71 bits per heavy atom. The van der Waals surface area contributed by atoms with Crippen LogP contribution in [-0.2, 0) is 0 Å². The minimum absolute atomic E-state index is 0.146. The number of fused-ring (bicyclic) bond motifs is 1. The molecule has 0 saturated heterocycles. The van der Waals surface area contributed by atoms with E-state index in [4.69, 9.17) is 10.8 Å². The van der Waals surface area contributed by atoms with Gasteiger partial charge in [0.25, 0.3) is 0 Å². The molecule has 86 valence electrons. The fourth-order valence-corrected chi connectivity index (χ4v) is 1.97. The number of phenols is 1. The fraction of sp³-hybridized carbons (Fsp3) is 0. The lowest BCUT2D eigenvalue weighted by molar-refractivity contribution is 0.478. The summed E-state index contributed by atoms with van der Waals surface area (Å²) in [5.74, 6) is 0.146. The number of para-hydroxylation sites is 3. The minimum Gasteiger partial charge on any atom is -0.506 e. The molecule has 3 aromatic rings. The highest BCUT2D eigenvalue weighted by Gasteiger charge is 1.89. The molecule has 0 amide bonds. The van der Waals surface area contributed by atoms with Crippen molar-refractivity contribution in [2.24, 2.45) is 0 Å². The second kappa shape index (κ2) is 5.32. The van der Waals surface area contributed by atoms with Crippen LogP contribution in [0.3, 0.4) is 0 Å². The molecule has 0 atom stereocenters. The lowest BCUT2D eigenvalue weighted by Crippen LogP contribution is -1.82. The Morgan fingerprint density at radius 1 is 1.00 bits per heavy atom. The molecule has 1 aromatic heterocycles. The van der Waals surface area contributed by atoms with Crippen molar-refractivity contribution >= 4 is 27.2 Å². The van der Waals surface area contributed by atoms with E-state index in [9.17, 15) is 0 Å². The fourth-order valence-electron chi connectivity index (χ4n) is 1.29. The van der Waals surface area contributed by atoms with Gasteiger partial charge in [0.2, 0.25) is 0 Å². The molecule has 0 fully saturated rings. The number of hydrogen-bond acceptors (Lipinski definition) is 4. The highest BCUT2D eigenvalue weighted by molar-refractivity contribution is 7.16. The number of phenolic OH excluding ortho intramolecular Hbond substituents is 1. The van der Waals surface area contributed by atoms with Crippen molar-refractivity contribution in [3.8, 4) is 5.75 Å². The molecule has 17 heavy (non-hydrogen) atoms. The van der Waals surface area contributed by atoms with Gasteiger partial charge in [0, 0.05) is 0 Å². The van der Waals surface area contributed by atoms with Gasteiger partial charge in [-0.25, -0.2) is 4.98 Å².